The SMILES string of the molecule is CCC(Oc1ccc2c(c1)CCCC2)C(=O)N1CCN(CC)CC1. The van der Waals surface area contributed by atoms with Crippen molar-refractivity contribution in [2.45, 2.75) is 52.1 Å². The van der Waals surface area contributed by atoms with Crippen LogP contribution in [0.3, 0.4) is 0 Å². The Morgan fingerprint density at radius 1 is 1.08 bits per heavy atom. The van der Waals surface area contributed by atoms with Crippen molar-refractivity contribution in [3.8, 4) is 5.75 Å². The Balaban J connectivity index is 1.63. The first-order valence-corrected chi connectivity index (χ1v) is 9.50. The van der Waals surface area contributed by atoms with Gasteiger partial charge in [-0.3, -0.25) is 4.79 Å². The first-order chi connectivity index (χ1) is 11.7. The number of carbonyl (C=O) groups excluding carboxylic acids is 1. The number of amides is 1. The second kappa shape index (κ2) is 8.02. The molecule has 1 aromatic carbocycles. The molecule has 0 saturated carbocycles. The molecule has 1 fully saturated rings. The number of hydrogen-bond donors (Lipinski definition) is 0. The number of ether oxygens (including phenoxy) is 1. The van der Waals surface area contributed by atoms with Gasteiger partial charge in [0.25, 0.3) is 5.91 Å². The van der Waals surface area contributed by atoms with E-state index in [9.17, 15) is 4.79 Å². The standard InChI is InChI=1S/C20H30N2O2/c1-3-19(20(23)22-13-11-21(4-2)12-14-22)24-18-10-9-16-7-5-6-8-17(16)15-18/h9-10,15,19H,3-8,11-14H2,1-2H3. The Morgan fingerprint density at radius 3 is 2.46 bits per heavy atom. The lowest BCUT2D eigenvalue weighted by Crippen LogP contribution is -2.52. The lowest BCUT2D eigenvalue weighted by atomic mass is 9.92. The summed E-state index contributed by atoms with van der Waals surface area (Å²) in [5, 5.41) is 0. The molecule has 0 bridgehead atoms. The molecule has 4 nitrogen and oxygen atoms in total. The van der Waals surface area contributed by atoms with Gasteiger partial charge in [0.15, 0.2) is 6.10 Å². The van der Waals surface area contributed by atoms with E-state index in [0.29, 0.717) is 6.42 Å². The van der Waals surface area contributed by atoms with Crippen molar-refractivity contribution in [2.24, 2.45) is 0 Å². The summed E-state index contributed by atoms with van der Waals surface area (Å²) in [4.78, 5) is 17.2. The molecule has 3 rings (SSSR count). The van der Waals surface area contributed by atoms with Crippen molar-refractivity contribution < 1.29 is 9.53 Å². The van der Waals surface area contributed by atoms with E-state index in [-0.39, 0.29) is 12.0 Å². The molecule has 1 aliphatic carbocycles. The van der Waals surface area contributed by atoms with Gasteiger partial charge in [-0.2, -0.15) is 0 Å². The van der Waals surface area contributed by atoms with E-state index in [0.717, 1.165) is 44.9 Å². The molecule has 132 valence electrons. The highest BCUT2D eigenvalue weighted by molar-refractivity contribution is 5.81. The highest BCUT2D eigenvalue weighted by atomic mass is 16.5. The summed E-state index contributed by atoms with van der Waals surface area (Å²) >= 11 is 0. The summed E-state index contributed by atoms with van der Waals surface area (Å²) in [5.41, 5.74) is 2.85. The topological polar surface area (TPSA) is 32.8 Å². The largest absolute Gasteiger partial charge is 0.481 e. The monoisotopic (exact) mass is 330 g/mol. The van der Waals surface area contributed by atoms with Crippen molar-refractivity contribution in [3.63, 3.8) is 0 Å². The van der Waals surface area contributed by atoms with Crippen molar-refractivity contribution in [3.05, 3.63) is 29.3 Å². The molecule has 1 aliphatic heterocycles. The number of rotatable bonds is 5. The van der Waals surface area contributed by atoms with Gasteiger partial charge in [0, 0.05) is 26.2 Å². The van der Waals surface area contributed by atoms with E-state index in [4.69, 9.17) is 4.74 Å². The van der Waals surface area contributed by atoms with E-state index in [1.807, 2.05) is 17.9 Å². The zero-order valence-electron chi connectivity index (χ0n) is 15.1. The summed E-state index contributed by atoms with van der Waals surface area (Å²) in [6, 6.07) is 6.37. The average molecular weight is 330 g/mol. The minimum absolute atomic E-state index is 0.144. The number of hydrogen-bond acceptors (Lipinski definition) is 3. The number of likely N-dealkylation sites (N-methyl/N-ethyl adjacent to an activating group) is 1. The van der Waals surface area contributed by atoms with E-state index >= 15 is 0 Å². The Morgan fingerprint density at radius 2 is 1.79 bits per heavy atom. The predicted molar refractivity (Wildman–Crippen MR) is 96.5 cm³/mol. The van der Waals surface area contributed by atoms with Crippen LogP contribution < -0.4 is 4.74 Å². The average Bonchev–Trinajstić information content (AvgIpc) is 2.65. The van der Waals surface area contributed by atoms with E-state index in [1.165, 1.54) is 30.4 Å². The molecular weight excluding hydrogens is 300 g/mol. The molecule has 1 aromatic rings. The second-order valence-electron chi connectivity index (χ2n) is 6.91. The van der Waals surface area contributed by atoms with Crippen LogP contribution in [0.4, 0.5) is 0 Å². The maximum absolute atomic E-state index is 12.8. The second-order valence-corrected chi connectivity index (χ2v) is 6.91. The Labute approximate surface area is 145 Å². The molecule has 24 heavy (non-hydrogen) atoms. The normalized spacial score (nSPS) is 19.7. The zero-order valence-corrected chi connectivity index (χ0v) is 15.1. The van der Waals surface area contributed by atoms with Crippen LogP contribution in [0.1, 0.15) is 44.2 Å². The molecule has 0 N–H and O–H groups in total. The van der Waals surface area contributed by atoms with Crippen LogP contribution in [0.25, 0.3) is 0 Å². The van der Waals surface area contributed by atoms with E-state index in [1.54, 1.807) is 0 Å². The first kappa shape index (κ1) is 17.3. The lowest BCUT2D eigenvalue weighted by Gasteiger charge is -2.35. The fourth-order valence-corrected chi connectivity index (χ4v) is 3.74. The molecule has 1 atom stereocenters. The van der Waals surface area contributed by atoms with Gasteiger partial charge in [0.05, 0.1) is 0 Å². The van der Waals surface area contributed by atoms with Gasteiger partial charge in [-0.05, 0) is 61.9 Å². The van der Waals surface area contributed by atoms with Crippen molar-refractivity contribution in [1.29, 1.82) is 0 Å². The molecule has 1 amide bonds. The number of fused-ring (bicyclic) bond motifs is 1. The summed E-state index contributed by atoms with van der Waals surface area (Å²) in [5.74, 6) is 0.994. The van der Waals surface area contributed by atoms with Gasteiger partial charge in [0.2, 0.25) is 0 Å². The van der Waals surface area contributed by atoms with Crippen LogP contribution in [-0.4, -0.2) is 54.5 Å². The third-order valence-corrected chi connectivity index (χ3v) is 5.38. The van der Waals surface area contributed by atoms with Gasteiger partial charge in [-0.25, -0.2) is 0 Å². The Hall–Kier alpha value is -1.55. The van der Waals surface area contributed by atoms with Gasteiger partial charge in [-0.15, -0.1) is 0 Å². The smallest absolute Gasteiger partial charge is 0.263 e. The van der Waals surface area contributed by atoms with Crippen LogP contribution in [0.5, 0.6) is 5.75 Å². The minimum atomic E-state index is -0.361. The quantitative estimate of drug-likeness (QED) is 0.832. The fraction of sp³-hybridized carbons (Fsp3) is 0.650. The summed E-state index contributed by atoms with van der Waals surface area (Å²) in [7, 11) is 0. The molecule has 1 unspecified atom stereocenters. The molecule has 0 radical (unpaired) electrons. The van der Waals surface area contributed by atoms with E-state index in [2.05, 4.69) is 24.0 Å². The fourth-order valence-electron chi connectivity index (χ4n) is 3.74. The summed E-state index contributed by atoms with van der Waals surface area (Å²) in [6.45, 7) is 8.84. The van der Waals surface area contributed by atoms with Gasteiger partial charge >= 0.3 is 0 Å². The molecule has 4 heteroatoms. The van der Waals surface area contributed by atoms with Gasteiger partial charge < -0.3 is 14.5 Å². The highest BCUT2D eigenvalue weighted by Crippen LogP contribution is 2.26. The lowest BCUT2D eigenvalue weighted by molar-refractivity contribution is -0.140. The molecule has 2 aliphatic rings. The van der Waals surface area contributed by atoms with Crippen molar-refractivity contribution >= 4 is 5.91 Å². The number of aryl methyl sites for hydroxylation is 2. The molecular formula is C20H30N2O2. The third kappa shape index (κ3) is 3.92. The minimum Gasteiger partial charge on any atom is -0.481 e. The maximum Gasteiger partial charge on any atom is 0.263 e. The molecule has 1 heterocycles. The first-order valence-electron chi connectivity index (χ1n) is 9.50. The molecule has 0 aromatic heterocycles. The third-order valence-electron chi connectivity index (χ3n) is 5.38. The van der Waals surface area contributed by atoms with Crippen LogP contribution in [0.2, 0.25) is 0 Å². The van der Waals surface area contributed by atoms with Gasteiger partial charge in [0.1, 0.15) is 5.75 Å². The number of benzene rings is 1. The summed E-state index contributed by atoms with van der Waals surface area (Å²) < 4.78 is 6.09. The molecule has 0 spiro atoms. The Bertz CT molecular complexity index is 565. The highest BCUT2D eigenvalue weighted by Gasteiger charge is 2.27. The summed E-state index contributed by atoms with van der Waals surface area (Å²) in [6.07, 6.45) is 5.20. The van der Waals surface area contributed by atoms with Crippen LogP contribution >= 0.6 is 0 Å². The maximum atomic E-state index is 12.8. The number of carbonyl (C=O) groups is 1. The zero-order chi connectivity index (χ0) is 16.9. The number of nitrogens with zero attached hydrogens (tertiary/aromatic N) is 2. The van der Waals surface area contributed by atoms with Crippen LogP contribution in [0.15, 0.2) is 18.2 Å². The van der Waals surface area contributed by atoms with Crippen molar-refractivity contribution in [1.82, 2.24) is 9.80 Å². The molecule has 1 saturated heterocycles. The van der Waals surface area contributed by atoms with Crippen LogP contribution in [0, 0.1) is 0 Å². The Kier molecular flexibility index (Phi) is 5.77. The number of piperazine rings is 1. The van der Waals surface area contributed by atoms with Crippen LogP contribution in [-0.2, 0) is 17.6 Å². The van der Waals surface area contributed by atoms with Gasteiger partial charge in [-0.1, -0.05) is 19.9 Å². The van der Waals surface area contributed by atoms with Crippen molar-refractivity contribution in [2.75, 3.05) is 32.7 Å². The van der Waals surface area contributed by atoms with E-state index < -0.39 is 0 Å². The predicted octanol–water partition coefficient (Wildman–Crippen LogP) is 2.89.